The van der Waals surface area contributed by atoms with Gasteiger partial charge in [-0.2, -0.15) is 4.98 Å². The minimum atomic E-state index is -0.860. The molecule has 5 aromatic rings. The lowest BCUT2D eigenvalue weighted by Crippen LogP contribution is -2.02. The number of hydrogen-bond acceptors (Lipinski definition) is 6. The van der Waals surface area contributed by atoms with Crippen LogP contribution in [0.25, 0.3) is 17.0 Å². The summed E-state index contributed by atoms with van der Waals surface area (Å²) in [7, 11) is 0. The molecule has 0 saturated heterocycles. The van der Waals surface area contributed by atoms with Crippen LogP contribution in [0.3, 0.4) is 0 Å². The van der Waals surface area contributed by atoms with Crippen molar-refractivity contribution in [1.29, 1.82) is 0 Å². The highest BCUT2D eigenvalue weighted by atomic mass is 35.5. The van der Waals surface area contributed by atoms with Crippen molar-refractivity contribution in [2.24, 2.45) is 0 Å². The smallest absolute Gasteiger partial charge is 0.237 e. The Balaban J connectivity index is 1.31. The molecule has 0 bridgehead atoms. The first kappa shape index (κ1) is 21.7. The fourth-order valence-corrected chi connectivity index (χ4v) is 3.46. The molecule has 0 amide bonds. The van der Waals surface area contributed by atoms with Gasteiger partial charge in [0.05, 0.1) is 11.9 Å². The second kappa shape index (κ2) is 9.03. The maximum atomic E-state index is 14.6. The molecule has 3 aromatic heterocycles. The normalized spacial score (nSPS) is 11.1. The summed E-state index contributed by atoms with van der Waals surface area (Å²) in [6.07, 6.45) is 8.17. The van der Waals surface area contributed by atoms with E-state index in [-0.39, 0.29) is 23.8 Å². The molecular formula is C24H16ClF2N5O2. The van der Waals surface area contributed by atoms with Gasteiger partial charge in [-0.25, -0.2) is 23.7 Å². The van der Waals surface area contributed by atoms with Gasteiger partial charge in [0.25, 0.3) is 0 Å². The first-order chi connectivity index (χ1) is 16.5. The first-order valence-electron chi connectivity index (χ1n) is 10.1. The lowest BCUT2D eigenvalue weighted by Gasteiger charge is -2.11. The highest BCUT2D eigenvalue weighted by molar-refractivity contribution is 6.31. The van der Waals surface area contributed by atoms with Crippen LogP contribution in [0.1, 0.15) is 11.1 Å². The number of fused-ring (bicyclic) bond motifs is 1. The number of nitrogens with zero attached hydrogens (tertiary/aromatic N) is 5. The molecule has 0 fully saturated rings. The van der Waals surface area contributed by atoms with E-state index in [1.165, 1.54) is 12.4 Å². The van der Waals surface area contributed by atoms with E-state index >= 15 is 0 Å². The molecule has 0 aliphatic heterocycles. The van der Waals surface area contributed by atoms with E-state index in [2.05, 4.69) is 19.9 Å². The number of ether oxygens (including phenoxy) is 2. The number of benzene rings is 2. The average molecular weight is 480 g/mol. The van der Waals surface area contributed by atoms with E-state index in [1.807, 2.05) is 6.92 Å². The van der Waals surface area contributed by atoms with Crippen LogP contribution in [0.4, 0.5) is 8.78 Å². The molecule has 34 heavy (non-hydrogen) atoms. The summed E-state index contributed by atoms with van der Waals surface area (Å²) in [5.74, 6) is -1.35. The maximum Gasteiger partial charge on any atom is 0.237 e. The van der Waals surface area contributed by atoms with Gasteiger partial charge >= 0.3 is 0 Å². The fourth-order valence-electron chi connectivity index (χ4n) is 3.29. The van der Waals surface area contributed by atoms with Crippen LogP contribution >= 0.6 is 11.6 Å². The monoisotopic (exact) mass is 479 g/mol. The predicted octanol–water partition coefficient (Wildman–Crippen LogP) is 5.80. The van der Waals surface area contributed by atoms with Crippen molar-refractivity contribution in [2.75, 3.05) is 0 Å². The van der Waals surface area contributed by atoms with Crippen molar-refractivity contribution in [1.82, 2.24) is 24.3 Å². The molecule has 0 N–H and O–H groups in total. The van der Waals surface area contributed by atoms with Crippen LogP contribution in [0, 0.1) is 18.6 Å². The maximum absolute atomic E-state index is 14.6. The van der Waals surface area contributed by atoms with E-state index in [0.29, 0.717) is 10.8 Å². The van der Waals surface area contributed by atoms with Gasteiger partial charge in [-0.1, -0.05) is 17.7 Å². The third kappa shape index (κ3) is 4.38. The number of aromatic nitrogens is 5. The molecule has 0 unspecified atom stereocenters. The third-order valence-electron chi connectivity index (χ3n) is 5.02. The molecule has 5 rings (SSSR count). The molecule has 0 atom stereocenters. The van der Waals surface area contributed by atoms with Gasteiger partial charge in [0.2, 0.25) is 11.7 Å². The Hall–Kier alpha value is -4.11. The van der Waals surface area contributed by atoms with E-state index in [9.17, 15) is 8.78 Å². The Morgan fingerprint density at radius 1 is 1.00 bits per heavy atom. The van der Waals surface area contributed by atoms with Crippen LogP contribution in [-0.2, 0) is 6.61 Å². The van der Waals surface area contributed by atoms with E-state index in [4.69, 9.17) is 21.1 Å². The standard InChI is InChI=1S/C24H16ClF2N5O2/c1-14-2-3-17(8-18(14)25)34-23-19(26)6-15(7-20(23)27)12-33-22-4-5-32-21(11-30-24(32)31-22)16-9-28-13-29-10-16/h2-11,13H,12H2,1H3. The predicted molar refractivity (Wildman–Crippen MR) is 121 cm³/mol. The molecule has 0 saturated carbocycles. The van der Waals surface area contributed by atoms with Crippen molar-refractivity contribution in [3.05, 3.63) is 95.3 Å². The third-order valence-corrected chi connectivity index (χ3v) is 5.43. The zero-order chi connectivity index (χ0) is 23.7. The van der Waals surface area contributed by atoms with Gasteiger partial charge in [-0.05, 0) is 42.3 Å². The van der Waals surface area contributed by atoms with Gasteiger partial charge < -0.3 is 9.47 Å². The summed E-state index contributed by atoms with van der Waals surface area (Å²) in [6.45, 7) is 1.71. The Morgan fingerprint density at radius 2 is 1.76 bits per heavy atom. The number of aryl methyl sites for hydroxylation is 1. The number of rotatable bonds is 6. The molecule has 0 aliphatic carbocycles. The average Bonchev–Trinajstić information content (AvgIpc) is 3.26. The molecule has 2 aromatic carbocycles. The van der Waals surface area contributed by atoms with E-state index in [0.717, 1.165) is 29.0 Å². The summed E-state index contributed by atoms with van der Waals surface area (Å²) in [5, 5.41) is 0.439. The molecule has 0 radical (unpaired) electrons. The van der Waals surface area contributed by atoms with Crippen molar-refractivity contribution in [3.63, 3.8) is 0 Å². The highest BCUT2D eigenvalue weighted by Gasteiger charge is 2.15. The first-order valence-corrected chi connectivity index (χ1v) is 10.5. The zero-order valence-electron chi connectivity index (χ0n) is 17.7. The summed E-state index contributed by atoms with van der Waals surface area (Å²) >= 11 is 6.05. The summed E-state index contributed by atoms with van der Waals surface area (Å²) < 4.78 is 41.9. The largest absolute Gasteiger partial charge is 0.473 e. The molecule has 170 valence electrons. The molecular weight excluding hydrogens is 464 g/mol. The van der Waals surface area contributed by atoms with Crippen molar-refractivity contribution >= 4 is 17.4 Å². The molecule has 10 heteroatoms. The summed E-state index contributed by atoms with van der Waals surface area (Å²) in [4.78, 5) is 16.6. The molecule has 3 heterocycles. The van der Waals surface area contributed by atoms with Gasteiger partial charge in [0, 0.05) is 35.2 Å². The van der Waals surface area contributed by atoms with Crippen LogP contribution in [0.2, 0.25) is 5.02 Å². The molecule has 0 spiro atoms. The van der Waals surface area contributed by atoms with Crippen LogP contribution < -0.4 is 9.47 Å². The quantitative estimate of drug-likeness (QED) is 0.306. The van der Waals surface area contributed by atoms with Gasteiger partial charge in [0.1, 0.15) is 18.7 Å². The SMILES string of the molecule is Cc1ccc(Oc2c(F)cc(COc3ccn4c(-c5cncnc5)cnc4n3)cc2F)cc1Cl. The zero-order valence-corrected chi connectivity index (χ0v) is 18.5. The Morgan fingerprint density at radius 3 is 2.50 bits per heavy atom. The molecule has 7 nitrogen and oxygen atoms in total. The Kier molecular flexibility index (Phi) is 5.77. The lowest BCUT2D eigenvalue weighted by molar-refractivity contribution is 0.292. The second-order valence-corrected chi connectivity index (χ2v) is 7.80. The van der Waals surface area contributed by atoms with Crippen molar-refractivity contribution < 1.29 is 18.3 Å². The number of imidazole rings is 1. The topological polar surface area (TPSA) is 74.4 Å². The second-order valence-electron chi connectivity index (χ2n) is 7.40. The molecule has 0 aliphatic rings. The lowest BCUT2D eigenvalue weighted by atomic mass is 10.2. The van der Waals surface area contributed by atoms with E-state index < -0.39 is 17.4 Å². The van der Waals surface area contributed by atoms with Gasteiger partial charge in [0.15, 0.2) is 17.4 Å². The summed E-state index contributed by atoms with van der Waals surface area (Å²) in [5.41, 5.74) is 2.65. The van der Waals surface area contributed by atoms with Crippen molar-refractivity contribution in [3.8, 4) is 28.6 Å². The number of hydrogen-bond donors (Lipinski definition) is 0. The van der Waals surface area contributed by atoms with Crippen LogP contribution in [-0.4, -0.2) is 24.3 Å². The number of halogens is 3. The highest BCUT2D eigenvalue weighted by Crippen LogP contribution is 2.31. The fraction of sp³-hybridized carbons (Fsp3) is 0.0833. The van der Waals surface area contributed by atoms with Crippen LogP contribution in [0.15, 0.2) is 67.5 Å². The van der Waals surface area contributed by atoms with Gasteiger partial charge in [-0.3, -0.25) is 4.40 Å². The Labute approximate surface area is 197 Å². The van der Waals surface area contributed by atoms with Gasteiger partial charge in [-0.15, -0.1) is 0 Å². The summed E-state index contributed by atoms with van der Waals surface area (Å²) in [6, 6.07) is 8.72. The van der Waals surface area contributed by atoms with E-state index in [1.54, 1.807) is 47.4 Å². The van der Waals surface area contributed by atoms with Crippen molar-refractivity contribution in [2.45, 2.75) is 13.5 Å². The van der Waals surface area contributed by atoms with Crippen LogP contribution in [0.5, 0.6) is 17.4 Å². The minimum absolute atomic E-state index is 0.103. The Bertz CT molecular complexity index is 1470. The minimum Gasteiger partial charge on any atom is -0.473 e.